The van der Waals surface area contributed by atoms with Crippen LogP contribution >= 0.6 is 0 Å². The first kappa shape index (κ1) is 16.4. The second kappa shape index (κ2) is 6.59. The summed E-state index contributed by atoms with van der Waals surface area (Å²) in [5.41, 5.74) is 1.49. The highest BCUT2D eigenvalue weighted by molar-refractivity contribution is 7.89. The van der Waals surface area contributed by atoms with E-state index in [2.05, 4.69) is 0 Å². The molecule has 0 amide bonds. The minimum Gasteiger partial charge on any atom is -0.481 e. The van der Waals surface area contributed by atoms with Crippen molar-refractivity contribution in [2.45, 2.75) is 25.3 Å². The van der Waals surface area contributed by atoms with Gasteiger partial charge in [-0.25, -0.2) is 8.42 Å². The maximum Gasteiger partial charge on any atom is 0.312 e. The Morgan fingerprint density at radius 1 is 1.35 bits per heavy atom. The molecule has 7 heteroatoms. The normalized spacial score (nSPS) is 25.2. The zero-order valence-corrected chi connectivity index (χ0v) is 13.7. The molecular weight excluding hydrogens is 318 g/mol. The molecule has 0 bridgehead atoms. The van der Waals surface area contributed by atoms with Crippen molar-refractivity contribution in [2.75, 3.05) is 25.5 Å². The fraction of sp³-hybridized carbons (Fsp3) is 0.562. The lowest BCUT2D eigenvalue weighted by Crippen LogP contribution is -2.41. The lowest BCUT2D eigenvalue weighted by Gasteiger charge is -2.32. The van der Waals surface area contributed by atoms with Crippen molar-refractivity contribution >= 4 is 16.0 Å². The number of carboxylic acid groups (broad SMARTS) is 1. The van der Waals surface area contributed by atoms with Gasteiger partial charge in [0.25, 0.3) is 0 Å². The molecule has 0 saturated carbocycles. The number of sulfonamides is 1. The Hall–Kier alpha value is -1.44. The lowest BCUT2D eigenvalue weighted by molar-refractivity contribution is -0.139. The van der Waals surface area contributed by atoms with E-state index < -0.39 is 21.9 Å². The third-order valence-corrected chi connectivity index (χ3v) is 6.48. The summed E-state index contributed by atoms with van der Waals surface area (Å²) in [7, 11) is -3.47. The summed E-state index contributed by atoms with van der Waals surface area (Å²) in [4.78, 5) is 11.5. The lowest BCUT2D eigenvalue weighted by atomic mass is 9.91. The van der Waals surface area contributed by atoms with Gasteiger partial charge in [-0.3, -0.25) is 4.79 Å². The third-order valence-electron chi connectivity index (χ3n) is 4.66. The largest absolute Gasteiger partial charge is 0.481 e. The van der Waals surface area contributed by atoms with Crippen molar-refractivity contribution in [1.29, 1.82) is 0 Å². The molecule has 126 valence electrons. The zero-order chi connectivity index (χ0) is 16.4. The van der Waals surface area contributed by atoms with Gasteiger partial charge in [0.05, 0.1) is 11.7 Å². The number of carboxylic acids is 1. The van der Waals surface area contributed by atoms with Gasteiger partial charge in [0, 0.05) is 26.3 Å². The van der Waals surface area contributed by atoms with E-state index in [1.165, 1.54) is 4.31 Å². The van der Waals surface area contributed by atoms with Crippen molar-refractivity contribution in [3.05, 3.63) is 35.4 Å². The molecule has 0 aliphatic carbocycles. The van der Waals surface area contributed by atoms with E-state index in [1.807, 2.05) is 6.07 Å². The van der Waals surface area contributed by atoms with Crippen LogP contribution < -0.4 is 0 Å². The van der Waals surface area contributed by atoms with Crippen LogP contribution in [0.3, 0.4) is 0 Å². The summed E-state index contributed by atoms with van der Waals surface area (Å²) in [5, 5.41) is 9.43. The standard InChI is InChI=1S/C16H21NO5S/c18-16(19)15-10-17(9-13-3-1-2-4-14(13)15)23(20,21)8-6-12-5-7-22-11-12/h1-4,12,15H,5-11H2,(H,18,19). The maximum absolute atomic E-state index is 12.6. The third kappa shape index (κ3) is 3.57. The van der Waals surface area contributed by atoms with E-state index in [4.69, 9.17) is 4.74 Å². The molecule has 1 fully saturated rings. The number of aliphatic carboxylic acids is 1. The van der Waals surface area contributed by atoms with E-state index in [0.717, 1.165) is 17.5 Å². The minimum absolute atomic E-state index is 0.00977. The number of nitrogens with zero attached hydrogens (tertiary/aromatic N) is 1. The Balaban J connectivity index is 1.76. The number of ether oxygens (including phenoxy) is 1. The van der Waals surface area contributed by atoms with Gasteiger partial charge in [-0.05, 0) is 29.9 Å². The molecule has 23 heavy (non-hydrogen) atoms. The zero-order valence-electron chi connectivity index (χ0n) is 12.8. The molecule has 2 atom stereocenters. The van der Waals surface area contributed by atoms with E-state index >= 15 is 0 Å². The van der Waals surface area contributed by atoms with Gasteiger partial charge >= 0.3 is 5.97 Å². The summed E-state index contributed by atoms with van der Waals surface area (Å²) in [6.07, 6.45) is 1.47. The molecule has 1 saturated heterocycles. The van der Waals surface area contributed by atoms with Crippen molar-refractivity contribution in [1.82, 2.24) is 4.31 Å². The van der Waals surface area contributed by atoms with E-state index in [0.29, 0.717) is 19.6 Å². The number of carbonyl (C=O) groups is 1. The highest BCUT2D eigenvalue weighted by Crippen LogP contribution is 2.30. The van der Waals surface area contributed by atoms with Crippen molar-refractivity contribution in [2.24, 2.45) is 5.92 Å². The molecule has 1 N–H and O–H groups in total. The Labute approximate surface area is 136 Å². The summed E-state index contributed by atoms with van der Waals surface area (Å²) in [6.45, 7) is 1.58. The SMILES string of the molecule is O=C(O)C1CN(S(=O)(=O)CCC2CCOC2)Cc2ccccc21. The highest BCUT2D eigenvalue weighted by Gasteiger charge is 2.35. The number of benzene rings is 1. The van der Waals surface area contributed by atoms with Crippen LogP contribution in [0, 0.1) is 5.92 Å². The first-order valence-corrected chi connectivity index (χ1v) is 9.44. The van der Waals surface area contributed by atoms with Crippen LogP contribution in [0.4, 0.5) is 0 Å². The van der Waals surface area contributed by atoms with Crippen LogP contribution in [0.25, 0.3) is 0 Å². The van der Waals surface area contributed by atoms with Crippen LogP contribution in [0.1, 0.15) is 29.9 Å². The van der Waals surface area contributed by atoms with Gasteiger partial charge in [-0.1, -0.05) is 24.3 Å². The number of rotatable bonds is 5. The van der Waals surface area contributed by atoms with Gasteiger partial charge < -0.3 is 9.84 Å². The van der Waals surface area contributed by atoms with Crippen molar-refractivity contribution < 1.29 is 23.1 Å². The van der Waals surface area contributed by atoms with E-state index in [-0.39, 0.29) is 24.8 Å². The smallest absolute Gasteiger partial charge is 0.312 e. The first-order chi connectivity index (χ1) is 11.0. The maximum atomic E-state index is 12.6. The predicted octanol–water partition coefficient (Wildman–Crippen LogP) is 1.43. The Morgan fingerprint density at radius 3 is 2.83 bits per heavy atom. The van der Waals surface area contributed by atoms with Crippen LogP contribution in [0.5, 0.6) is 0 Å². The number of hydrogen-bond acceptors (Lipinski definition) is 4. The summed E-state index contributed by atoms with van der Waals surface area (Å²) in [5.74, 6) is -1.45. The molecule has 0 radical (unpaired) electrons. The fourth-order valence-corrected chi connectivity index (χ4v) is 4.85. The summed E-state index contributed by atoms with van der Waals surface area (Å²) >= 11 is 0. The molecule has 0 spiro atoms. The van der Waals surface area contributed by atoms with Crippen molar-refractivity contribution in [3.63, 3.8) is 0 Å². The Bertz CT molecular complexity index is 681. The monoisotopic (exact) mass is 339 g/mol. The predicted molar refractivity (Wildman–Crippen MR) is 84.6 cm³/mol. The fourth-order valence-electron chi connectivity index (χ4n) is 3.25. The van der Waals surface area contributed by atoms with Gasteiger partial charge in [-0.15, -0.1) is 0 Å². The van der Waals surface area contributed by atoms with Crippen molar-refractivity contribution in [3.8, 4) is 0 Å². The second-order valence-corrected chi connectivity index (χ2v) is 8.30. The molecule has 1 aromatic rings. The molecule has 6 nitrogen and oxygen atoms in total. The van der Waals surface area contributed by atoms with E-state index in [9.17, 15) is 18.3 Å². The quantitative estimate of drug-likeness (QED) is 0.877. The van der Waals surface area contributed by atoms with Gasteiger partial charge in [0.15, 0.2) is 0 Å². The number of hydrogen-bond donors (Lipinski definition) is 1. The van der Waals surface area contributed by atoms with Gasteiger partial charge in [0.1, 0.15) is 0 Å². The Kier molecular flexibility index (Phi) is 4.70. The van der Waals surface area contributed by atoms with Gasteiger partial charge in [0.2, 0.25) is 10.0 Å². The first-order valence-electron chi connectivity index (χ1n) is 7.83. The van der Waals surface area contributed by atoms with Crippen LogP contribution in [-0.2, 0) is 26.1 Å². The summed E-state index contributed by atoms with van der Waals surface area (Å²) in [6, 6.07) is 7.18. The Morgan fingerprint density at radius 2 is 2.13 bits per heavy atom. The molecule has 1 aromatic carbocycles. The molecular formula is C16H21NO5S. The average Bonchev–Trinajstić information content (AvgIpc) is 3.05. The molecule has 2 heterocycles. The van der Waals surface area contributed by atoms with Gasteiger partial charge in [-0.2, -0.15) is 4.31 Å². The second-order valence-electron chi connectivity index (χ2n) is 6.22. The highest BCUT2D eigenvalue weighted by atomic mass is 32.2. The van der Waals surface area contributed by atoms with E-state index in [1.54, 1.807) is 18.2 Å². The van der Waals surface area contributed by atoms with Crippen LogP contribution in [0.15, 0.2) is 24.3 Å². The molecule has 2 aliphatic rings. The topological polar surface area (TPSA) is 83.9 Å². The van der Waals surface area contributed by atoms with Crippen LogP contribution in [-0.4, -0.2) is 49.3 Å². The molecule has 0 aromatic heterocycles. The average molecular weight is 339 g/mol. The summed E-state index contributed by atoms with van der Waals surface area (Å²) < 4.78 is 31.8. The molecule has 3 rings (SSSR count). The van der Waals surface area contributed by atoms with Crippen LogP contribution in [0.2, 0.25) is 0 Å². The molecule has 2 aliphatic heterocycles. The number of fused-ring (bicyclic) bond motifs is 1. The molecule has 2 unspecified atom stereocenters. The minimum atomic E-state index is -3.47.